The van der Waals surface area contributed by atoms with E-state index < -0.39 is 5.97 Å². The number of aromatic nitrogens is 1. The monoisotopic (exact) mass is 292 g/mol. The fourth-order valence-electron chi connectivity index (χ4n) is 3.04. The second-order valence-corrected chi connectivity index (χ2v) is 5.25. The number of Topliss-reactive ketones (excluding diaryl/α,β-unsaturated/α-hetero) is 1. The molecule has 0 unspecified atom stereocenters. The summed E-state index contributed by atoms with van der Waals surface area (Å²) < 4.78 is 2.00. The van der Waals surface area contributed by atoms with E-state index in [0.29, 0.717) is 5.56 Å². The maximum Gasteiger partial charge on any atom is 0.332 e. The zero-order chi connectivity index (χ0) is 15.3. The predicted octanol–water partition coefficient (Wildman–Crippen LogP) is 2.64. The third-order valence-electron chi connectivity index (χ3n) is 3.88. The van der Waals surface area contributed by atoms with Gasteiger partial charge in [-0.2, -0.15) is 0 Å². The van der Waals surface area contributed by atoms with Crippen LogP contribution in [0.5, 0.6) is 0 Å². The Hall–Kier alpha value is -2.95. The number of rotatable bonds is 1. The van der Waals surface area contributed by atoms with Crippen LogP contribution in [0.2, 0.25) is 0 Å². The van der Waals surface area contributed by atoms with Gasteiger partial charge in [0.25, 0.3) is 0 Å². The molecule has 0 saturated carbocycles. The molecule has 0 fully saturated rings. The Morgan fingerprint density at radius 2 is 1.91 bits per heavy atom. The first-order chi connectivity index (χ1) is 10.7. The van der Waals surface area contributed by atoms with E-state index in [4.69, 9.17) is 4.84 Å². The number of carbonyl (C=O) groups is 2. The molecule has 3 aromatic rings. The van der Waals surface area contributed by atoms with E-state index in [1.165, 1.54) is 6.92 Å². The highest BCUT2D eigenvalue weighted by Gasteiger charge is 2.27. The fourth-order valence-corrected chi connectivity index (χ4v) is 3.04. The number of hydrogen-bond acceptors (Lipinski definition) is 4. The number of para-hydroxylation sites is 2. The Bertz CT molecular complexity index is 982. The maximum absolute atomic E-state index is 12.4. The van der Waals surface area contributed by atoms with Crippen molar-refractivity contribution in [1.82, 2.24) is 4.57 Å². The topological polar surface area (TPSA) is 60.7 Å². The lowest BCUT2D eigenvalue weighted by atomic mass is 10.00. The van der Waals surface area contributed by atoms with Crippen LogP contribution >= 0.6 is 0 Å². The minimum atomic E-state index is -0.543. The van der Waals surface area contributed by atoms with Gasteiger partial charge in [-0.1, -0.05) is 41.6 Å². The second-order valence-electron chi connectivity index (χ2n) is 5.25. The first-order valence-electron chi connectivity index (χ1n) is 6.96. The molecular weight excluding hydrogens is 280 g/mol. The van der Waals surface area contributed by atoms with Crippen molar-refractivity contribution < 1.29 is 14.4 Å². The van der Waals surface area contributed by atoms with Crippen LogP contribution in [0.25, 0.3) is 21.8 Å². The fraction of sp³-hybridized carbons (Fsp3) is 0.118. The van der Waals surface area contributed by atoms with Crippen molar-refractivity contribution in [3.8, 4) is 0 Å². The average Bonchev–Trinajstić information content (AvgIpc) is 2.83. The molecule has 0 N–H and O–H groups in total. The molecule has 1 aromatic heterocycles. The van der Waals surface area contributed by atoms with E-state index in [9.17, 15) is 9.59 Å². The lowest BCUT2D eigenvalue weighted by molar-refractivity contribution is -0.140. The minimum Gasteiger partial charge on any atom is -0.332 e. The molecule has 0 aliphatic carbocycles. The van der Waals surface area contributed by atoms with Gasteiger partial charge in [0, 0.05) is 28.8 Å². The van der Waals surface area contributed by atoms with Crippen LogP contribution in [0.3, 0.4) is 0 Å². The molecule has 4 rings (SSSR count). The van der Waals surface area contributed by atoms with Gasteiger partial charge in [0.15, 0.2) is 5.71 Å². The van der Waals surface area contributed by atoms with Crippen molar-refractivity contribution in [2.75, 3.05) is 0 Å². The van der Waals surface area contributed by atoms with Gasteiger partial charge in [-0.15, -0.1) is 0 Å². The smallest absolute Gasteiger partial charge is 0.332 e. The Balaban J connectivity index is 2.08. The lowest BCUT2D eigenvalue weighted by Gasteiger charge is -2.16. The minimum absolute atomic E-state index is 0.164. The summed E-state index contributed by atoms with van der Waals surface area (Å²) in [5.74, 6) is -0.707. The SMILES string of the molecule is CC(=O)O/N=C1\C(=O)Cn2c3ccccc3c3cccc1c32. The molecule has 0 bridgehead atoms. The van der Waals surface area contributed by atoms with E-state index in [-0.39, 0.29) is 18.0 Å². The van der Waals surface area contributed by atoms with Crippen molar-refractivity contribution in [3.05, 3.63) is 48.0 Å². The molecular formula is C17H12N2O3. The molecule has 0 spiro atoms. The molecule has 5 heteroatoms. The standard InChI is InChI=1S/C17H12N2O3/c1-10(20)22-18-16-13-7-4-6-12-11-5-2-3-8-14(11)19(17(12)13)9-15(16)21/h2-8H,9H2,1H3/b18-16-. The van der Waals surface area contributed by atoms with Gasteiger partial charge in [0.1, 0.15) is 0 Å². The van der Waals surface area contributed by atoms with Crippen molar-refractivity contribution in [1.29, 1.82) is 0 Å². The van der Waals surface area contributed by atoms with Crippen LogP contribution in [0.1, 0.15) is 12.5 Å². The van der Waals surface area contributed by atoms with Crippen molar-refractivity contribution in [2.45, 2.75) is 13.5 Å². The van der Waals surface area contributed by atoms with Gasteiger partial charge in [0.05, 0.1) is 12.1 Å². The molecule has 108 valence electrons. The van der Waals surface area contributed by atoms with Crippen LogP contribution < -0.4 is 0 Å². The Labute approximate surface area is 125 Å². The van der Waals surface area contributed by atoms with Gasteiger partial charge in [-0.3, -0.25) is 4.79 Å². The van der Waals surface area contributed by atoms with Gasteiger partial charge in [-0.25, -0.2) is 4.79 Å². The molecule has 1 aliphatic rings. The highest BCUT2D eigenvalue weighted by Crippen LogP contribution is 2.33. The molecule has 22 heavy (non-hydrogen) atoms. The summed E-state index contributed by atoms with van der Waals surface area (Å²) in [5.41, 5.74) is 2.88. The summed E-state index contributed by atoms with van der Waals surface area (Å²) in [6.45, 7) is 1.45. The number of fused-ring (bicyclic) bond motifs is 3. The van der Waals surface area contributed by atoms with Crippen LogP contribution in [0.15, 0.2) is 47.6 Å². The number of ketones is 1. The Morgan fingerprint density at radius 3 is 2.73 bits per heavy atom. The van der Waals surface area contributed by atoms with E-state index >= 15 is 0 Å². The lowest BCUT2D eigenvalue weighted by Crippen LogP contribution is -2.27. The highest BCUT2D eigenvalue weighted by atomic mass is 16.7. The highest BCUT2D eigenvalue weighted by molar-refractivity contribution is 6.49. The van der Waals surface area contributed by atoms with E-state index in [0.717, 1.165) is 21.8 Å². The molecule has 0 radical (unpaired) electrons. The predicted molar refractivity (Wildman–Crippen MR) is 82.8 cm³/mol. The summed E-state index contributed by atoms with van der Waals surface area (Å²) in [5, 5.41) is 5.93. The molecule has 0 saturated heterocycles. The first-order valence-corrected chi connectivity index (χ1v) is 6.96. The third kappa shape index (κ3) is 1.69. The van der Waals surface area contributed by atoms with Gasteiger partial charge < -0.3 is 9.40 Å². The molecule has 0 amide bonds. The van der Waals surface area contributed by atoms with E-state index in [1.54, 1.807) is 0 Å². The number of hydrogen-bond donors (Lipinski definition) is 0. The van der Waals surface area contributed by atoms with E-state index in [1.807, 2.05) is 47.0 Å². The number of nitrogens with zero attached hydrogens (tertiary/aromatic N) is 2. The van der Waals surface area contributed by atoms with Crippen molar-refractivity contribution in [3.63, 3.8) is 0 Å². The molecule has 2 heterocycles. The first kappa shape index (κ1) is 12.8. The number of carbonyl (C=O) groups excluding carboxylic acids is 2. The average molecular weight is 292 g/mol. The summed E-state index contributed by atoms with van der Waals surface area (Å²) in [6, 6.07) is 13.7. The summed E-state index contributed by atoms with van der Waals surface area (Å²) in [4.78, 5) is 28.1. The van der Waals surface area contributed by atoms with Crippen LogP contribution in [0.4, 0.5) is 0 Å². The van der Waals surface area contributed by atoms with Gasteiger partial charge in [-0.05, 0) is 6.07 Å². The van der Waals surface area contributed by atoms with Gasteiger partial charge >= 0.3 is 5.97 Å². The van der Waals surface area contributed by atoms with Crippen molar-refractivity contribution >= 4 is 39.3 Å². The summed E-state index contributed by atoms with van der Waals surface area (Å²) in [7, 11) is 0. The summed E-state index contributed by atoms with van der Waals surface area (Å²) in [6.07, 6.45) is 0. The number of benzene rings is 2. The maximum atomic E-state index is 12.4. The van der Waals surface area contributed by atoms with Crippen LogP contribution in [-0.4, -0.2) is 22.0 Å². The number of oxime groups is 1. The normalized spacial score (nSPS) is 15.7. The summed E-state index contributed by atoms with van der Waals surface area (Å²) >= 11 is 0. The van der Waals surface area contributed by atoms with Crippen molar-refractivity contribution in [2.24, 2.45) is 5.16 Å². The molecule has 5 nitrogen and oxygen atoms in total. The Morgan fingerprint density at radius 1 is 1.14 bits per heavy atom. The zero-order valence-corrected chi connectivity index (χ0v) is 11.9. The molecule has 0 atom stereocenters. The quantitative estimate of drug-likeness (QED) is 0.511. The Kier molecular flexibility index (Phi) is 2.63. The largest absolute Gasteiger partial charge is 0.332 e. The molecule has 2 aromatic carbocycles. The van der Waals surface area contributed by atoms with Gasteiger partial charge in [0.2, 0.25) is 5.78 Å². The zero-order valence-electron chi connectivity index (χ0n) is 11.9. The molecule has 1 aliphatic heterocycles. The van der Waals surface area contributed by atoms with E-state index in [2.05, 4.69) is 5.16 Å². The van der Waals surface area contributed by atoms with Crippen LogP contribution in [-0.2, 0) is 21.0 Å². The second kappa shape index (κ2) is 4.53. The van der Waals surface area contributed by atoms with Crippen LogP contribution in [0, 0.1) is 0 Å². The third-order valence-corrected chi connectivity index (χ3v) is 3.88.